The van der Waals surface area contributed by atoms with Gasteiger partial charge in [0.15, 0.2) is 0 Å². The standard InChI is InChI=1S/C17H19FN4O4/c1-10(19-17(25)22-7-3-5-12(9-22)16(23)24)15-20-14(21-26-15)11-4-2-6-13(18)8-11/h2,4,6,8,10,12H,3,5,7,9H2,1H3,(H,19,25)(H,23,24). The number of urea groups is 1. The molecular weight excluding hydrogens is 343 g/mol. The van der Waals surface area contributed by atoms with Gasteiger partial charge in [0, 0.05) is 18.7 Å². The Bertz CT molecular complexity index is 810. The largest absolute Gasteiger partial charge is 0.481 e. The summed E-state index contributed by atoms with van der Waals surface area (Å²) in [6, 6.07) is 4.85. The third-order valence-corrected chi connectivity index (χ3v) is 4.29. The molecule has 8 nitrogen and oxygen atoms in total. The number of piperidine rings is 1. The molecule has 3 rings (SSSR count). The van der Waals surface area contributed by atoms with E-state index in [1.54, 1.807) is 19.1 Å². The van der Waals surface area contributed by atoms with Crippen LogP contribution in [0.5, 0.6) is 0 Å². The van der Waals surface area contributed by atoms with E-state index in [1.165, 1.54) is 17.0 Å². The Balaban J connectivity index is 1.64. The second kappa shape index (κ2) is 7.51. The van der Waals surface area contributed by atoms with Gasteiger partial charge in [-0.3, -0.25) is 4.79 Å². The molecule has 0 bridgehead atoms. The van der Waals surface area contributed by atoms with Gasteiger partial charge in [-0.1, -0.05) is 17.3 Å². The van der Waals surface area contributed by atoms with E-state index in [0.717, 1.165) is 0 Å². The number of carboxylic acid groups (broad SMARTS) is 1. The van der Waals surface area contributed by atoms with E-state index < -0.39 is 23.7 Å². The van der Waals surface area contributed by atoms with Gasteiger partial charge in [0.05, 0.1) is 5.92 Å². The van der Waals surface area contributed by atoms with Crippen molar-refractivity contribution >= 4 is 12.0 Å². The van der Waals surface area contributed by atoms with Crippen molar-refractivity contribution < 1.29 is 23.6 Å². The summed E-state index contributed by atoms with van der Waals surface area (Å²) in [6.45, 7) is 2.35. The molecule has 1 aromatic carbocycles. The van der Waals surface area contributed by atoms with Gasteiger partial charge in [-0.05, 0) is 31.9 Å². The number of amides is 2. The lowest BCUT2D eigenvalue weighted by molar-refractivity contribution is -0.143. The number of rotatable bonds is 4. The van der Waals surface area contributed by atoms with Gasteiger partial charge in [-0.15, -0.1) is 0 Å². The highest BCUT2D eigenvalue weighted by molar-refractivity contribution is 5.76. The van der Waals surface area contributed by atoms with Gasteiger partial charge in [0.25, 0.3) is 0 Å². The quantitative estimate of drug-likeness (QED) is 0.865. The van der Waals surface area contributed by atoms with Crippen LogP contribution in [0, 0.1) is 11.7 Å². The summed E-state index contributed by atoms with van der Waals surface area (Å²) in [5.41, 5.74) is 0.471. The van der Waals surface area contributed by atoms with E-state index in [2.05, 4.69) is 15.5 Å². The first-order valence-electron chi connectivity index (χ1n) is 8.32. The predicted molar refractivity (Wildman–Crippen MR) is 88.6 cm³/mol. The monoisotopic (exact) mass is 362 g/mol. The summed E-state index contributed by atoms with van der Waals surface area (Å²) in [4.78, 5) is 29.1. The Kier molecular flexibility index (Phi) is 5.15. The molecule has 26 heavy (non-hydrogen) atoms. The van der Waals surface area contributed by atoms with Crippen molar-refractivity contribution in [3.8, 4) is 11.4 Å². The van der Waals surface area contributed by atoms with Crippen LogP contribution in [0.3, 0.4) is 0 Å². The molecule has 2 heterocycles. The molecule has 0 saturated carbocycles. The lowest BCUT2D eigenvalue weighted by atomic mass is 9.99. The van der Waals surface area contributed by atoms with Crippen LogP contribution in [0.25, 0.3) is 11.4 Å². The minimum Gasteiger partial charge on any atom is -0.481 e. The lowest BCUT2D eigenvalue weighted by Gasteiger charge is -2.31. The fourth-order valence-corrected chi connectivity index (χ4v) is 2.86. The van der Waals surface area contributed by atoms with Crippen LogP contribution in [-0.2, 0) is 4.79 Å². The zero-order valence-corrected chi connectivity index (χ0v) is 14.2. The van der Waals surface area contributed by atoms with Crippen LogP contribution in [-0.4, -0.2) is 45.2 Å². The summed E-state index contributed by atoms with van der Waals surface area (Å²) in [5.74, 6) is -1.44. The van der Waals surface area contributed by atoms with E-state index >= 15 is 0 Å². The van der Waals surface area contributed by atoms with Crippen molar-refractivity contribution in [3.05, 3.63) is 36.0 Å². The fraction of sp³-hybridized carbons (Fsp3) is 0.412. The van der Waals surface area contributed by atoms with Crippen LogP contribution in [0.2, 0.25) is 0 Å². The number of carbonyl (C=O) groups excluding carboxylic acids is 1. The number of carboxylic acids is 1. The maximum Gasteiger partial charge on any atom is 0.318 e. The zero-order valence-electron chi connectivity index (χ0n) is 14.2. The number of nitrogens with zero attached hydrogens (tertiary/aromatic N) is 3. The molecule has 2 unspecified atom stereocenters. The topological polar surface area (TPSA) is 109 Å². The highest BCUT2D eigenvalue weighted by Gasteiger charge is 2.29. The maximum absolute atomic E-state index is 13.3. The second-order valence-corrected chi connectivity index (χ2v) is 6.26. The summed E-state index contributed by atoms with van der Waals surface area (Å²) >= 11 is 0. The van der Waals surface area contributed by atoms with Gasteiger partial charge in [-0.25, -0.2) is 9.18 Å². The molecule has 0 aliphatic carbocycles. The SMILES string of the molecule is CC(NC(=O)N1CCCC(C(=O)O)C1)c1nc(-c2cccc(F)c2)no1. The van der Waals surface area contributed by atoms with Gasteiger partial charge >= 0.3 is 12.0 Å². The normalized spacial score (nSPS) is 18.4. The first-order valence-corrected chi connectivity index (χ1v) is 8.32. The number of hydrogen-bond donors (Lipinski definition) is 2. The molecule has 9 heteroatoms. The van der Waals surface area contributed by atoms with E-state index in [9.17, 15) is 14.0 Å². The third-order valence-electron chi connectivity index (χ3n) is 4.29. The van der Waals surface area contributed by atoms with Crippen LogP contribution in [0.15, 0.2) is 28.8 Å². The highest BCUT2D eigenvalue weighted by Crippen LogP contribution is 2.21. The highest BCUT2D eigenvalue weighted by atomic mass is 19.1. The number of aromatic nitrogens is 2. The van der Waals surface area contributed by atoms with Gasteiger partial charge in [0.1, 0.15) is 11.9 Å². The molecule has 138 valence electrons. The molecule has 1 fully saturated rings. The summed E-state index contributed by atoms with van der Waals surface area (Å²) in [7, 11) is 0. The van der Waals surface area contributed by atoms with Gasteiger partial charge in [0.2, 0.25) is 11.7 Å². The Morgan fingerprint density at radius 1 is 1.46 bits per heavy atom. The minimum atomic E-state index is -0.896. The Morgan fingerprint density at radius 2 is 2.27 bits per heavy atom. The molecule has 0 radical (unpaired) electrons. The van der Waals surface area contributed by atoms with Gasteiger partial charge in [-0.2, -0.15) is 4.98 Å². The minimum absolute atomic E-state index is 0.173. The lowest BCUT2D eigenvalue weighted by Crippen LogP contribution is -2.47. The molecule has 1 aliphatic heterocycles. The Morgan fingerprint density at radius 3 is 3.00 bits per heavy atom. The molecule has 1 saturated heterocycles. The van der Waals surface area contributed by atoms with Crippen molar-refractivity contribution in [1.82, 2.24) is 20.4 Å². The predicted octanol–water partition coefficient (Wildman–Crippen LogP) is 2.44. The van der Waals surface area contributed by atoms with Crippen LogP contribution in [0.4, 0.5) is 9.18 Å². The van der Waals surface area contributed by atoms with Gasteiger partial charge < -0.3 is 19.8 Å². The molecule has 1 aliphatic rings. The molecule has 2 N–H and O–H groups in total. The second-order valence-electron chi connectivity index (χ2n) is 6.26. The van der Waals surface area contributed by atoms with Crippen LogP contribution >= 0.6 is 0 Å². The molecule has 2 aromatic rings. The first kappa shape index (κ1) is 17.8. The molecule has 2 atom stereocenters. The zero-order chi connectivity index (χ0) is 18.7. The van der Waals surface area contributed by atoms with E-state index in [-0.39, 0.29) is 24.3 Å². The van der Waals surface area contributed by atoms with E-state index in [4.69, 9.17) is 9.63 Å². The van der Waals surface area contributed by atoms with Crippen molar-refractivity contribution in [2.45, 2.75) is 25.8 Å². The van der Waals surface area contributed by atoms with Crippen molar-refractivity contribution in [2.24, 2.45) is 5.92 Å². The summed E-state index contributed by atoms with van der Waals surface area (Å²) < 4.78 is 18.5. The average Bonchev–Trinajstić information content (AvgIpc) is 3.12. The summed E-state index contributed by atoms with van der Waals surface area (Å²) in [6.07, 6.45) is 1.21. The van der Waals surface area contributed by atoms with Crippen molar-refractivity contribution in [2.75, 3.05) is 13.1 Å². The molecule has 0 spiro atoms. The Labute approximate surface area is 149 Å². The average molecular weight is 362 g/mol. The third kappa shape index (κ3) is 3.98. The summed E-state index contributed by atoms with van der Waals surface area (Å²) in [5, 5.41) is 15.6. The first-order chi connectivity index (χ1) is 12.4. The smallest absolute Gasteiger partial charge is 0.318 e. The van der Waals surface area contributed by atoms with Crippen molar-refractivity contribution in [1.29, 1.82) is 0 Å². The number of hydrogen-bond acceptors (Lipinski definition) is 5. The number of aliphatic carboxylic acids is 1. The number of benzene rings is 1. The number of carbonyl (C=O) groups is 2. The van der Waals surface area contributed by atoms with Crippen LogP contribution in [0.1, 0.15) is 31.7 Å². The van der Waals surface area contributed by atoms with Crippen LogP contribution < -0.4 is 5.32 Å². The van der Waals surface area contributed by atoms with Crippen molar-refractivity contribution in [3.63, 3.8) is 0 Å². The fourth-order valence-electron chi connectivity index (χ4n) is 2.86. The molecule has 2 amide bonds. The Hall–Kier alpha value is -2.97. The molecule has 1 aromatic heterocycles. The van der Waals surface area contributed by atoms with E-state index in [0.29, 0.717) is 24.9 Å². The number of halogens is 1. The number of nitrogens with one attached hydrogen (secondary N) is 1. The van der Waals surface area contributed by atoms with E-state index in [1.807, 2.05) is 0 Å². The maximum atomic E-state index is 13.3. The number of likely N-dealkylation sites (tertiary alicyclic amines) is 1. The molecular formula is C17H19FN4O4.